The van der Waals surface area contributed by atoms with Crippen LogP contribution in [-0.4, -0.2) is 6.04 Å². The third kappa shape index (κ3) is 3.57. The molecule has 1 aliphatic rings. The molecule has 1 N–H and O–H groups in total. The highest BCUT2D eigenvalue weighted by atomic mass is 79.9. The molecular weight excluding hydrogens is 282 g/mol. The fraction of sp³-hybridized carbons (Fsp3) is 0.692. The second kappa shape index (κ2) is 6.18. The third-order valence-electron chi connectivity index (χ3n) is 3.58. The molecule has 0 bridgehead atoms. The van der Waals surface area contributed by atoms with Crippen LogP contribution in [0, 0.1) is 5.92 Å². The number of nitrogens with one attached hydrogen (secondary N) is 1. The summed E-state index contributed by atoms with van der Waals surface area (Å²) in [4.78, 5) is 1.43. The Balaban J connectivity index is 1.76. The van der Waals surface area contributed by atoms with Crippen LogP contribution in [0.4, 0.5) is 0 Å². The number of halogens is 1. The molecule has 1 saturated carbocycles. The third-order valence-corrected chi connectivity index (χ3v) is 5.27. The minimum absolute atomic E-state index is 0.668. The topological polar surface area (TPSA) is 12.0 Å². The highest BCUT2D eigenvalue weighted by Crippen LogP contribution is 2.27. The van der Waals surface area contributed by atoms with Crippen molar-refractivity contribution in [1.82, 2.24) is 5.32 Å². The predicted octanol–water partition coefficient (Wildman–Crippen LogP) is 4.57. The molecule has 0 spiro atoms. The first-order chi connectivity index (χ1) is 7.75. The summed E-state index contributed by atoms with van der Waals surface area (Å²) in [6.07, 6.45) is 7.15. The molecule has 3 heteroatoms. The maximum atomic E-state index is 3.67. The van der Waals surface area contributed by atoms with Gasteiger partial charge in [-0.05, 0) is 47.7 Å². The molecule has 1 atom stereocenters. The van der Waals surface area contributed by atoms with Crippen LogP contribution in [0.1, 0.15) is 43.9 Å². The van der Waals surface area contributed by atoms with Gasteiger partial charge in [0.1, 0.15) is 0 Å². The van der Waals surface area contributed by atoms with E-state index in [1.807, 2.05) is 11.3 Å². The Morgan fingerprint density at radius 2 is 2.19 bits per heavy atom. The van der Waals surface area contributed by atoms with Gasteiger partial charge in [0.2, 0.25) is 0 Å². The average molecular weight is 302 g/mol. The van der Waals surface area contributed by atoms with Gasteiger partial charge in [0, 0.05) is 27.3 Å². The van der Waals surface area contributed by atoms with E-state index >= 15 is 0 Å². The Morgan fingerprint density at radius 3 is 2.81 bits per heavy atom. The van der Waals surface area contributed by atoms with Crippen LogP contribution in [0.25, 0.3) is 0 Å². The lowest BCUT2D eigenvalue weighted by atomic mass is 9.84. The Labute approximate surface area is 111 Å². The summed E-state index contributed by atoms with van der Waals surface area (Å²) >= 11 is 5.33. The van der Waals surface area contributed by atoms with Gasteiger partial charge in [0.25, 0.3) is 0 Å². The van der Waals surface area contributed by atoms with E-state index in [0.717, 1.165) is 12.5 Å². The standard InChI is InChI=1S/C13H20BrNS/c1-10(11-5-3-2-4-6-11)15-8-13-7-12(14)9-16-13/h7,9-11,15H,2-6,8H2,1H3/t10-/m0/s1. The first kappa shape index (κ1) is 12.6. The van der Waals surface area contributed by atoms with Crippen molar-refractivity contribution < 1.29 is 0 Å². The smallest absolute Gasteiger partial charge is 0.0302 e. The van der Waals surface area contributed by atoms with Crippen molar-refractivity contribution in [2.75, 3.05) is 0 Å². The second-order valence-electron chi connectivity index (χ2n) is 4.80. The molecule has 16 heavy (non-hydrogen) atoms. The van der Waals surface area contributed by atoms with Crippen LogP contribution in [0.2, 0.25) is 0 Å². The zero-order valence-electron chi connectivity index (χ0n) is 9.84. The van der Waals surface area contributed by atoms with E-state index in [4.69, 9.17) is 0 Å². The number of hydrogen-bond acceptors (Lipinski definition) is 2. The lowest BCUT2D eigenvalue weighted by molar-refractivity contribution is 0.281. The van der Waals surface area contributed by atoms with Crippen LogP contribution in [-0.2, 0) is 6.54 Å². The summed E-state index contributed by atoms with van der Waals surface area (Å²) in [6, 6.07) is 2.88. The largest absolute Gasteiger partial charge is 0.309 e. The van der Waals surface area contributed by atoms with Crippen LogP contribution in [0.5, 0.6) is 0 Å². The summed E-state index contributed by atoms with van der Waals surface area (Å²) in [7, 11) is 0. The van der Waals surface area contributed by atoms with Gasteiger partial charge in [-0.25, -0.2) is 0 Å². The molecule has 90 valence electrons. The fourth-order valence-corrected chi connectivity index (χ4v) is 3.91. The minimum atomic E-state index is 0.668. The first-order valence-corrected chi connectivity index (χ1v) is 7.89. The highest BCUT2D eigenvalue weighted by molar-refractivity contribution is 9.10. The van der Waals surface area contributed by atoms with E-state index in [2.05, 4.69) is 39.6 Å². The highest BCUT2D eigenvalue weighted by Gasteiger charge is 2.19. The molecule has 1 nitrogen and oxygen atoms in total. The molecule has 1 aliphatic carbocycles. The second-order valence-corrected chi connectivity index (χ2v) is 6.71. The molecule has 1 heterocycles. The number of hydrogen-bond donors (Lipinski definition) is 1. The van der Waals surface area contributed by atoms with Gasteiger partial charge >= 0.3 is 0 Å². The first-order valence-electron chi connectivity index (χ1n) is 6.22. The molecule has 0 aromatic carbocycles. The van der Waals surface area contributed by atoms with E-state index in [0.29, 0.717) is 6.04 Å². The van der Waals surface area contributed by atoms with Crippen molar-refractivity contribution in [3.8, 4) is 0 Å². The summed E-state index contributed by atoms with van der Waals surface area (Å²) < 4.78 is 1.21. The molecule has 0 aliphatic heterocycles. The molecule has 0 amide bonds. The minimum Gasteiger partial charge on any atom is -0.309 e. The number of rotatable bonds is 4. The van der Waals surface area contributed by atoms with E-state index in [1.54, 1.807) is 0 Å². The van der Waals surface area contributed by atoms with Crippen LogP contribution in [0.15, 0.2) is 15.9 Å². The van der Waals surface area contributed by atoms with Crippen LogP contribution in [0.3, 0.4) is 0 Å². The SMILES string of the molecule is C[C@H](NCc1cc(Br)cs1)C1CCCCC1. The van der Waals surface area contributed by atoms with Gasteiger partial charge in [-0.3, -0.25) is 0 Å². The molecular formula is C13H20BrNS. The average Bonchev–Trinajstić information content (AvgIpc) is 2.73. The van der Waals surface area contributed by atoms with Crippen molar-refractivity contribution in [3.63, 3.8) is 0 Å². The Kier molecular flexibility index (Phi) is 4.86. The van der Waals surface area contributed by atoms with Gasteiger partial charge in [0.15, 0.2) is 0 Å². The summed E-state index contributed by atoms with van der Waals surface area (Å²) in [6.45, 7) is 3.37. The maximum absolute atomic E-state index is 3.67. The monoisotopic (exact) mass is 301 g/mol. The van der Waals surface area contributed by atoms with E-state index < -0.39 is 0 Å². The zero-order chi connectivity index (χ0) is 11.4. The van der Waals surface area contributed by atoms with Crippen LogP contribution >= 0.6 is 27.3 Å². The van der Waals surface area contributed by atoms with Crippen molar-refractivity contribution in [3.05, 3.63) is 20.8 Å². The van der Waals surface area contributed by atoms with Crippen molar-refractivity contribution in [2.24, 2.45) is 5.92 Å². The summed E-state index contributed by atoms with van der Waals surface area (Å²) in [5.41, 5.74) is 0. The summed E-state index contributed by atoms with van der Waals surface area (Å²) in [5.74, 6) is 0.900. The molecule has 1 fully saturated rings. The lowest BCUT2D eigenvalue weighted by Gasteiger charge is -2.28. The normalized spacial score (nSPS) is 19.9. The van der Waals surface area contributed by atoms with E-state index in [9.17, 15) is 0 Å². The van der Waals surface area contributed by atoms with Gasteiger partial charge in [-0.2, -0.15) is 0 Å². The lowest BCUT2D eigenvalue weighted by Crippen LogP contribution is -2.33. The van der Waals surface area contributed by atoms with Gasteiger partial charge < -0.3 is 5.32 Å². The van der Waals surface area contributed by atoms with Crippen molar-refractivity contribution >= 4 is 27.3 Å². The predicted molar refractivity (Wildman–Crippen MR) is 74.9 cm³/mol. The van der Waals surface area contributed by atoms with Gasteiger partial charge in [-0.1, -0.05) is 19.3 Å². The van der Waals surface area contributed by atoms with Crippen molar-refractivity contribution in [2.45, 2.75) is 51.6 Å². The summed E-state index contributed by atoms with van der Waals surface area (Å²) in [5, 5.41) is 5.83. The number of thiophene rings is 1. The molecule has 0 saturated heterocycles. The van der Waals surface area contributed by atoms with Gasteiger partial charge in [-0.15, -0.1) is 11.3 Å². The molecule has 2 rings (SSSR count). The molecule has 0 radical (unpaired) electrons. The van der Waals surface area contributed by atoms with E-state index in [1.165, 1.54) is 41.5 Å². The molecule has 0 unspecified atom stereocenters. The van der Waals surface area contributed by atoms with Crippen molar-refractivity contribution in [1.29, 1.82) is 0 Å². The van der Waals surface area contributed by atoms with E-state index in [-0.39, 0.29) is 0 Å². The zero-order valence-corrected chi connectivity index (χ0v) is 12.2. The Morgan fingerprint density at radius 1 is 1.44 bits per heavy atom. The fourth-order valence-electron chi connectivity index (χ4n) is 2.51. The van der Waals surface area contributed by atoms with Gasteiger partial charge in [0.05, 0.1) is 0 Å². The molecule has 1 aromatic heterocycles. The quantitative estimate of drug-likeness (QED) is 0.859. The van der Waals surface area contributed by atoms with Crippen LogP contribution < -0.4 is 5.32 Å². The Hall–Kier alpha value is 0.140. The Bertz CT molecular complexity index is 317. The molecule has 1 aromatic rings. The maximum Gasteiger partial charge on any atom is 0.0302 e.